The topological polar surface area (TPSA) is 147 Å². The summed E-state index contributed by atoms with van der Waals surface area (Å²) in [4.78, 5) is 37.0. The van der Waals surface area contributed by atoms with E-state index >= 15 is 0 Å². The first-order chi connectivity index (χ1) is 25.5. The number of ether oxygens (including phenoxy) is 1. The second-order valence-corrected chi connectivity index (χ2v) is 18.1. The number of carbonyl (C=O) groups is 1. The first-order valence-corrected chi connectivity index (χ1v) is 21.2. The lowest BCUT2D eigenvalue weighted by molar-refractivity contribution is -0.130. The van der Waals surface area contributed by atoms with Crippen molar-refractivity contribution >= 4 is 74.1 Å². The van der Waals surface area contributed by atoms with Crippen molar-refractivity contribution in [2.24, 2.45) is 13.0 Å². The number of nitrogens with one attached hydrogen (secondary N) is 2. The number of fused-ring (bicyclic) bond motifs is 1. The Morgan fingerprint density at radius 3 is 2.42 bits per heavy atom. The minimum Gasteiger partial charge on any atom is -0.494 e. The number of piperidine rings is 1. The molecule has 2 N–H and O–H groups in total. The zero-order valence-electron chi connectivity index (χ0n) is 30.7. The molecule has 0 bridgehead atoms. The van der Waals surface area contributed by atoms with Crippen LogP contribution in [0.15, 0.2) is 59.7 Å². The quantitative estimate of drug-likeness (QED) is 0.167. The number of amides is 1. The predicted molar refractivity (Wildman–Crippen MR) is 214 cm³/mol. The van der Waals surface area contributed by atoms with Gasteiger partial charge in [-0.1, -0.05) is 0 Å². The second-order valence-electron chi connectivity index (χ2n) is 14.1. The molecule has 2 aliphatic rings. The number of aromatic nitrogens is 6. The van der Waals surface area contributed by atoms with E-state index in [1.807, 2.05) is 41.2 Å². The fourth-order valence-corrected chi connectivity index (χ4v) is 8.97. The Balaban J connectivity index is 1.13. The lowest BCUT2D eigenvalue weighted by atomic mass is 9.94. The summed E-state index contributed by atoms with van der Waals surface area (Å²) in [6.07, 6.45) is 11.0. The fourth-order valence-electron chi connectivity index (χ4n) is 7.29. The van der Waals surface area contributed by atoms with E-state index in [9.17, 15) is 9.36 Å². The van der Waals surface area contributed by atoms with E-state index in [1.54, 1.807) is 46.0 Å². The zero-order chi connectivity index (χ0) is 37.3. The van der Waals surface area contributed by atoms with Crippen LogP contribution in [0.25, 0.3) is 22.2 Å². The molecule has 2 saturated heterocycles. The van der Waals surface area contributed by atoms with Crippen LogP contribution in [0.1, 0.15) is 19.8 Å². The number of halogens is 1. The molecule has 2 fully saturated rings. The van der Waals surface area contributed by atoms with Gasteiger partial charge in [0.05, 0.1) is 40.0 Å². The smallest absolute Gasteiger partial charge is 0.229 e. The molecule has 53 heavy (non-hydrogen) atoms. The molecule has 0 aliphatic carbocycles. The molecule has 0 atom stereocenters. The van der Waals surface area contributed by atoms with E-state index in [4.69, 9.17) is 9.72 Å². The Hall–Kier alpha value is -4.59. The number of nitrogens with zero attached hydrogens (tertiary/aromatic N) is 9. The molecule has 278 valence electrons. The standard InChI is InChI=1S/C37H45BrN11O3P/c1-24(50)48-16-14-47(15-17-48)22-25-8-12-49(13-9-25)32-19-33(52-3)31(18-27(32)26-20-42-46(2)23-26)44-37-41-21-28(38)36(45-37)43-30-7-6-29-34(40-11-10-39-29)35(30)53(4,5)51/h6-7,10-11,18-21,23,25H,8-9,12-17,22H2,1-5H3,(H2,41,43,44,45). The number of methoxy groups -OCH3 is 1. The average Bonchev–Trinajstić information content (AvgIpc) is 3.58. The number of aryl methyl sites for hydroxylation is 1. The summed E-state index contributed by atoms with van der Waals surface area (Å²) < 4.78 is 21.9. The number of hydrogen-bond acceptors (Lipinski definition) is 12. The van der Waals surface area contributed by atoms with E-state index < -0.39 is 7.14 Å². The molecule has 2 aliphatic heterocycles. The third-order valence-electron chi connectivity index (χ3n) is 10.0. The van der Waals surface area contributed by atoms with Crippen molar-refractivity contribution in [1.29, 1.82) is 0 Å². The van der Waals surface area contributed by atoms with E-state index in [0.29, 0.717) is 55.6 Å². The number of hydrogen-bond donors (Lipinski definition) is 2. The van der Waals surface area contributed by atoms with Crippen molar-refractivity contribution < 1.29 is 14.1 Å². The van der Waals surface area contributed by atoms with E-state index in [2.05, 4.69) is 68.5 Å². The summed E-state index contributed by atoms with van der Waals surface area (Å²) in [5.41, 5.74) is 5.71. The van der Waals surface area contributed by atoms with Crippen molar-refractivity contribution in [2.75, 3.05) is 81.8 Å². The summed E-state index contributed by atoms with van der Waals surface area (Å²) in [7, 11) is 0.806. The van der Waals surface area contributed by atoms with Crippen LogP contribution in [0, 0.1) is 5.92 Å². The lowest BCUT2D eigenvalue weighted by Crippen LogP contribution is -2.50. The molecule has 0 saturated carbocycles. The van der Waals surface area contributed by atoms with Crippen molar-refractivity contribution in [3.05, 3.63) is 59.7 Å². The van der Waals surface area contributed by atoms with Crippen LogP contribution in [0.4, 0.5) is 28.8 Å². The molecule has 0 unspecified atom stereocenters. The Bertz CT molecular complexity index is 2180. The molecule has 16 heteroatoms. The molecule has 5 heterocycles. The second kappa shape index (κ2) is 15.4. The highest BCUT2D eigenvalue weighted by atomic mass is 79.9. The number of benzene rings is 2. The summed E-state index contributed by atoms with van der Waals surface area (Å²) in [5.74, 6) is 2.28. The largest absolute Gasteiger partial charge is 0.494 e. The van der Waals surface area contributed by atoms with Crippen molar-refractivity contribution in [3.8, 4) is 16.9 Å². The van der Waals surface area contributed by atoms with E-state index in [-0.39, 0.29) is 5.91 Å². The van der Waals surface area contributed by atoms with Gasteiger partial charge < -0.3 is 29.7 Å². The SMILES string of the molecule is COc1cc(N2CCC(CN3CCN(C(C)=O)CC3)CC2)c(-c2cnn(C)c2)cc1Nc1ncc(Br)c(Nc2ccc3nccnc3c2P(C)(C)=O)n1. The minimum absolute atomic E-state index is 0.165. The number of anilines is 5. The molecule has 7 rings (SSSR count). The molecule has 1 amide bonds. The maximum absolute atomic E-state index is 13.5. The number of rotatable bonds is 10. The Morgan fingerprint density at radius 1 is 0.981 bits per heavy atom. The van der Waals surface area contributed by atoms with Gasteiger partial charge in [0.1, 0.15) is 24.2 Å². The molecule has 5 aromatic rings. The highest BCUT2D eigenvalue weighted by Crippen LogP contribution is 2.43. The van der Waals surface area contributed by atoms with Gasteiger partial charge in [-0.25, -0.2) is 4.98 Å². The van der Waals surface area contributed by atoms with Gasteiger partial charge in [0.25, 0.3) is 0 Å². The van der Waals surface area contributed by atoms with Gasteiger partial charge in [-0.3, -0.25) is 24.3 Å². The average molecular weight is 803 g/mol. The van der Waals surface area contributed by atoms with Gasteiger partial charge in [0, 0.05) is 107 Å². The van der Waals surface area contributed by atoms with Crippen molar-refractivity contribution in [1.82, 2.24) is 39.5 Å². The predicted octanol–water partition coefficient (Wildman–Crippen LogP) is 5.71. The van der Waals surface area contributed by atoms with Gasteiger partial charge in [0.2, 0.25) is 11.9 Å². The third-order valence-corrected chi connectivity index (χ3v) is 12.1. The zero-order valence-corrected chi connectivity index (χ0v) is 33.2. The van der Waals surface area contributed by atoms with Crippen molar-refractivity contribution in [3.63, 3.8) is 0 Å². The highest BCUT2D eigenvalue weighted by Gasteiger charge is 2.27. The van der Waals surface area contributed by atoms with Gasteiger partial charge in [-0.05, 0) is 66.2 Å². The monoisotopic (exact) mass is 801 g/mol. The van der Waals surface area contributed by atoms with Gasteiger partial charge in [0.15, 0.2) is 0 Å². The molecular formula is C37H45BrN11O3P. The Morgan fingerprint density at radius 2 is 1.74 bits per heavy atom. The third kappa shape index (κ3) is 8.17. The minimum atomic E-state index is -2.78. The van der Waals surface area contributed by atoms with Crippen LogP contribution >= 0.6 is 23.1 Å². The molecule has 2 aromatic carbocycles. The highest BCUT2D eigenvalue weighted by molar-refractivity contribution is 9.10. The van der Waals surface area contributed by atoms with Crippen LogP contribution in [0.2, 0.25) is 0 Å². The summed E-state index contributed by atoms with van der Waals surface area (Å²) in [5, 5.41) is 11.9. The van der Waals surface area contributed by atoms with E-state index in [1.165, 1.54) is 0 Å². The summed E-state index contributed by atoms with van der Waals surface area (Å²) >= 11 is 3.60. The Labute approximate surface area is 317 Å². The first-order valence-electron chi connectivity index (χ1n) is 17.8. The maximum atomic E-state index is 13.5. The normalized spacial score (nSPS) is 15.9. The van der Waals surface area contributed by atoms with Crippen molar-refractivity contribution in [2.45, 2.75) is 19.8 Å². The Kier molecular flexibility index (Phi) is 10.7. The number of carbonyl (C=O) groups excluding carboxylic acids is 1. The van der Waals surface area contributed by atoms with Crippen LogP contribution in [-0.2, 0) is 16.4 Å². The fraction of sp³-hybridized carbons (Fsp3) is 0.405. The van der Waals surface area contributed by atoms with Crippen LogP contribution in [-0.4, -0.2) is 112 Å². The van der Waals surface area contributed by atoms with Gasteiger partial charge in [-0.15, -0.1) is 0 Å². The molecule has 14 nitrogen and oxygen atoms in total. The van der Waals surface area contributed by atoms with Crippen LogP contribution in [0.5, 0.6) is 5.75 Å². The van der Waals surface area contributed by atoms with E-state index in [0.717, 1.165) is 75.5 Å². The number of piperazine rings is 1. The van der Waals surface area contributed by atoms with Gasteiger partial charge in [-0.2, -0.15) is 10.1 Å². The lowest BCUT2D eigenvalue weighted by Gasteiger charge is -2.39. The summed E-state index contributed by atoms with van der Waals surface area (Å²) in [6.45, 7) is 11.5. The van der Waals surface area contributed by atoms with Crippen LogP contribution < -0.4 is 25.6 Å². The molecule has 3 aromatic heterocycles. The molecule has 0 radical (unpaired) electrons. The summed E-state index contributed by atoms with van der Waals surface area (Å²) in [6, 6.07) is 7.88. The molecular weight excluding hydrogens is 757 g/mol. The van der Waals surface area contributed by atoms with Gasteiger partial charge >= 0.3 is 0 Å². The maximum Gasteiger partial charge on any atom is 0.229 e. The molecule has 0 spiro atoms. The first kappa shape index (κ1) is 36.8. The van der Waals surface area contributed by atoms with Crippen LogP contribution in [0.3, 0.4) is 0 Å².